The highest BCUT2D eigenvalue weighted by Gasteiger charge is 2.18. The summed E-state index contributed by atoms with van der Waals surface area (Å²) in [7, 11) is 0. The van der Waals surface area contributed by atoms with Gasteiger partial charge >= 0.3 is 0 Å². The largest absolute Gasteiger partial charge is 0.448 e. The van der Waals surface area contributed by atoms with Gasteiger partial charge in [0.15, 0.2) is 12.3 Å². The van der Waals surface area contributed by atoms with E-state index in [-0.39, 0.29) is 16.2 Å². The number of hydrogen-bond acceptors (Lipinski definition) is 5. The van der Waals surface area contributed by atoms with Crippen LogP contribution in [0.25, 0.3) is 0 Å². The van der Waals surface area contributed by atoms with Gasteiger partial charge in [-0.05, 0) is 0 Å². The first kappa shape index (κ1) is 22.9. The Kier molecular flexibility index (Phi) is 7.76. The molecule has 150 valence electrons. The molecule has 0 saturated heterocycles. The molecule has 5 nitrogen and oxygen atoms in total. The molecule has 0 spiro atoms. The Morgan fingerprint density at radius 1 is 0.852 bits per heavy atom. The molecule has 27 heavy (non-hydrogen) atoms. The molecule has 0 radical (unpaired) electrons. The fourth-order valence-corrected chi connectivity index (χ4v) is 2.05. The Balaban J connectivity index is 0.000000202. The molecule has 0 N–H and O–H groups in total. The summed E-state index contributed by atoms with van der Waals surface area (Å²) in [5, 5.41) is 0. The van der Waals surface area contributed by atoms with Crippen molar-refractivity contribution in [3.63, 3.8) is 0 Å². The van der Waals surface area contributed by atoms with E-state index in [1.165, 1.54) is 12.1 Å². The molecule has 0 saturated carbocycles. The Morgan fingerprint density at radius 3 is 1.74 bits per heavy atom. The summed E-state index contributed by atoms with van der Waals surface area (Å²) in [6.07, 6.45) is 11.6. The Hall–Kier alpha value is -2.17. The molecule has 0 atom stereocenters. The molecule has 3 heterocycles. The summed E-state index contributed by atoms with van der Waals surface area (Å²) in [6, 6.07) is 0. The van der Waals surface area contributed by atoms with E-state index in [1.54, 1.807) is 18.7 Å². The van der Waals surface area contributed by atoms with Crippen molar-refractivity contribution in [2.45, 2.75) is 79.6 Å². The zero-order chi connectivity index (χ0) is 20.7. The van der Waals surface area contributed by atoms with Gasteiger partial charge in [0.05, 0.1) is 12.4 Å². The molecule has 1 aliphatic heterocycles. The minimum Gasteiger partial charge on any atom is -0.448 e. The molecular weight excluding hydrogens is 338 g/mol. The average molecular weight is 374 g/mol. The lowest BCUT2D eigenvalue weighted by Gasteiger charge is -2.16. The van der Waals surface area contributed by atoms with E-state index in [0.29, 0.717) is 0 Å². The predicted molar refractivity (Wildman–Crippen MR) is 111 cm³/mol. The normalized spacial score (nSPS) is 14.0. The molecule has 0 unspecified atom stereocenters. The summed E-state index contributed by atoms with van der Waals surface area (Å²) in [5.74, 6) is 1.73. The van der Waals surface area contributed by atoms with Gasteiger partial charge in [0.2, 0.25) is 0 Å². The highest BCUT2D eigenvalue weighted by atomic mass is 16.3. The van der Waals surface area contributed by atoms with Gasteiger partial charge in [-0.1, -0.05) is 68.4 Å². The Morgan fingerprint density at radius 2 is 1.52 bits per heavy atom. The topological polar surface area (TPSA) is 64.4 Å². The fourth-order valence-electron chi connectivity index (χ4n) is 2.05. The van der Waals surface area contributed by atoms with Gasteiger partial charge in [0, 0.05) is 34.6 Å². The van der Waals surface area contributed by atoms with Crippen LogP contribution in [0.3, 0.4) is 0 Å². The lowest BCUT2D eigenvalue weighted by atomic mass is 9.92. The number of nitrogens with zero attached hydrogens (tertiary/aromatic N) is 3. The van der Waals surface area contributed by atoms with Crippen molar-refractivity contribution in [3.05, 3.63) is 48.5 Å². The van der Waals surface area contributed by atoms with Gasteiger partial charge in [-0.15, -0.1) is 0 Å². The monoisotopic (exact) mass is 373 g/mol. The van der Waals surface area contributed by atoms with Gasteiger partial charge < -0.3 is 8.83 Å². The van der Waals surface area contributed by atoms with E-state index in [9.17, 15) is 0 Å². The number of hydrogen-bond donors (Lipinski definition) is 0. The van der Waals surface area contributed by atoms with Crippen LogP contribution in [0.2, 0.25) is 0 Å². The first-order chi connectivity index (χ1) is 12.3. The van der Waals surface area contributed by atoms with Crippen molar-refractivity contribution in [2.24, 2.45) is 10.4 Å². The molecule has 3 rings (SSSR count). The molecule has 0 aliphatic carbocycles. The number of rotatable bonds is 0. The second-order valence-corrected chi connectivity index (χ2v) is 9.59. The van der Waals surface area contributed by atoms with Crippen LogP contribution in [0.1, 0.15) is 80.4 Å². The summed E-state index contributed by atoms with van der Waals surface area (Å²) in [4.78, 5) is 12.1. The first-order valence-corrected chi connectivity index (χ1v) is 9.34. The quantitative estimate of drug-likeness (QED) is 0.541. The van der Waals surface area contributed by atoms with Crippen molar-refractivity contribution < 1.29 is 8.83 Å². The highest BCUT2D eigenvalue weighted by molar-refractivity contribution is 5.65. The van der Waals surface area contributed by atoms with E-state index in [2.05, 4.69) is 83.4 Å². The van der Waals surface area contributed by atoms with Crippen molar-refractivity contribution in [1.82, 2.24) is 9.97 Å². The standard InChI is InChI=1S/C8H13N.2C7H11NO/c1-8(2,3)7-5-4-6-9-7;1-7(2,3)6-4-8-5-9-6;1-7(2,3)6-8-4-5-9-6/h5-6H,4H2,1-3H3;2*4-5H,1-3H3. The van der Waals surface area contributed by atoms with Gasteiger partial charge in [-0.25, -0.2) is 9.97 Å². The van der Waals surface area contributed by atoms with Crippen LogP contribution in [0.4, 0.5) is 0 Å². The third-order valence-electron chi connectivity index (χ3n) is 3.66. The molecule has 2 aromatic heterocycles. The molecule has 1 aliphatic rings. The molecule has 2 aromatic rings. The Bertz CT molecular complexity index is 661. The third kappa shape index (κ3) is 8.37. The van der Waals surface area contributed by atoms with E-state index in [4.69, 9.17) is 8.83 Å². The van der Waals surface area contributed by atoms with E-state index in [1.807, 2.05) is 6.21 Å². The van der Waals surface area contributed by atoms with Gasteiger partial charge in [0.1, 0.15) is 12.0 Å². The maximum Gasteiger partial charge on any atom is 0.199 e. The average Bonchev–Trinajstić information content (AvgIpc) is 3.28. The summed E-state index contributed by atoms with van der Waals surface area (Å²) in [5.41, 5.74) is 1.61. The smallest absolute Gasteiger partial charge is 0.199 e. The van der Waals surface area contributed by atoms with Crippen molar-refractivity contribution in [1.29, 1.82) is 0 Å². The van der Waals surface area contributed by atoms with Crippen LogP contribution in [-0.4, -0.2) is 16.2 Å². The van der Waals surface area contributed by atoms with Crippen molar-refractivity contribution >= 4 is 6.21 Å². The van der Waals surface area contributed by atoms with Crippen molar-refractivity contribution in [2.75, 3.05) is 0 Å². The maximum atomic E-state index is 5.09. The lowest BCUT2D eigenvalue weighted by molar-refractivity contribution is 0.392. The maximum absolute atomic E-state index is 5.09. The summed E-state index contributed by atoms with van der Waals surface area (Å²) >= 11 is 0. The minimum atomic E-state index is 0.0451. The summed E-state index contributed by atoms with van der Waals surface area (Å²) in [6.45, 7) is 19.0. The SMILES string of the molecule is CC(C)(C)C1=CCC=N1.CC(C)(C)c1cnco1.CC(C)(C)c1ncco1. The van der Waals surface area contributed by atoms with Crippen LogP contribution >= 0.6 is 0 Å². The minimum absolute atomic E-state index is 0.0451. The Labute approximate surface area is 164 Å². The van der Waals surface area contributed by atoms with Gasteiger partial charge in [-0.3, -0.25) is 4.99 Å². The fraction of sp³-hybridized carbons (Fsp3) is 0.591. The first-order valence-electron chi connectivity index (χ1n) is 9.34. The second kappa shape index (κ2) is 9.16. The van der Waals surface area contributed by atoms with E-state index < -0.39 is 0 Å². The third-order valence-corrected chi connectivity index (χ3v) is 3.66. The van der Waals surface area contributed by atoms with Crippen LogP contribution in [0.15, 0.2) is 50.7 Å². The van der Waals surface area contributed by atoms with Crippen LogP contribution in [-0.2, 0) is 10.8 Å². The zero-order valence-electron chi connectivity index (χ0n) is 18.3. The van der Waals surface area contributed by atoms with Crippen molar-refractivity contribution in [3.8, 4) is 0 Å². The van der Waals surface area contributed by atoms with E-state index >= 15 is 0 Å². The molecule has 0 fully saturated rings. The van der Waals surface area contributed by atoms with Crippen LogP contribution in [0.5, 0.6) is 0 Å². The lowest BCUT2D eigenvalue weighted by Crippen LogP contribution is -2.10. The van der Waals surface area contributed by atoms with Crippen LogP contribution in [0, 0.1) is 5.41 Å². The van der Waals surface area contributed by atoms with E-state index in [0.717, 1.165) is 18.1 Å². The molecule has 0 aromatic carbocycles. The van der Waals surface area contributed by atoms with Gasteiger partial charge in [0.25, 0.3) is 0 Å². The molecule has 0 amide bonds. The summed E-state index contributed by atoms with van der Waals surface area (Å²) < 4.78 is 10.2. The number of aromatic nitrogens is 2. The molecular formula is C22H35N3O2. The number of allylic oxidation sites excluding steroid dienone is 2. The van der Waals surface area contributed by atoms with Crippen LogP contribution < -0.4 is 0 Å². The number of aliphatic imine (C=N–C) groups is 1. The molecule has 5 heteroatoms. The zero-order valence-corrected chi connectivity index (χ0v) is 18.3. The second-order valence-electron chi connectivity index (χ2n) is 9.59. The number of oxazole rings is 2. The molecule has 0 bridgehead atoms. The highest BCUT2D eigenvalue weighted by Crippen LogP contribution is 2.28. The van der Waals surface area contributed by atoms with Gasteiger partial charge in [-0.2, -0.15) is 0 Å². The predicted octanol–water partition coefficient (Wildman–Crippen LogP) is 6.34.